The number of hydrogen-bond acceptors (Lipinski definition) is 2. The van der Waals surface area contributed by atoms with Gasteiger partial charge in [0, 0.05) is 17.1 Å². The lowest BCUT2D eigenvalue weighted by Gasteiger charge is -2.37. The van der Waals surface area contributed by atoms with E-state index in [-0.39, 0.29) is 0 Å². The van der Waals surface area contributed by atoms with E-state index in [1.165, 1.54) is 18.4 Å². The smallest absolute Gasteiger partial charge is 0.0434 e. The minimum Gasteiger partial charge on any atom is -0.396 e. The molecule has 0 spiro atoms. The lowest BCUT2D eigenvalue weighted by molar-refractivity contribution is 0.240. The summed E-state index contributed by atoms with van der Waals surface area (Å²) >= 11 is 3.47. The van der Waals surface area contributed by atoms with E-state index < -0.39 is 0 Å². The van der Waals surface area contributed by atoms with Gasteiger partial charge in [-0.15, -0.1) is 0 Å². The van der Waals surface area contributed by atoms with Crippen molar-refractivity contribution in [2.75, 3.05) is 13.2 Å². The molecule has 0 aliphatic heterocycles. The van der Waals surface area contributed by atoms with Gasteiger partial charge in [0.25, 0.3) is 0 Å². The van der Waals surface area contributed by atoms with E-state index in [4.69, 9.17) is 5.11 Å². The topological polar surface area (TPSA) is 32.3 Å². The lowest BCUT2D eigenvalue weighted by Crippen LogP contribution is -2.42. The normalized spacial score (nSPS) is 24.6. The fourth-order valence-electron chi connectivity index (χ4n) is 2.48. The van der Waals surface area contributed by atoms with E-state index in [1.54, 1.807) is 0 Å². The third-order valence-electron chi connectivity index (χ3n) is 3.86. The lowest BCUT2D eigenvalue weighted by atomic mass is 9.76. The second-order valence-corrected chi connectivity index (χ2v) is 6.36. The molecular weight excluding hydrogens is 290 g/mol. The van der Waals surface area contributed by atoms with Crippen LogP contribution in [0.4, 0.5) is 0 Å². The van der Waals surface area contributed by atoms with Gasteiger partial charge in [-0.05, 0) is 55.3 Å². The van der Waals surface area contributed by atoms with E-state index in [9.17, 15) is 0 Å². The predicted molar refractivity (Wildman–Crippen MR) is 78.8 cm³/mol. The van der Waals surface area contributed by atoms with Gasteiger partial charge in [0.1, 0.15) is 0 Å². The highest BCUT2D eigenvalue weighted by molar-refractivity contribution is 9.10. The van der Waals surface area contributed by atoms with Crippen molar-refractivity contribution >= 4 is 15.9 Å². The van der Waals surface area contributed by atoms with E-state index in [0.717, 1.165) is 23.4 Å². The summed E-state index contributed by atoms with van der Waals surface area (Å²) in [4.78, 5) is 0. The number of benzene rings is 1. The molecule has 2 nitrogen and oxygen atoms in total. The molecule has 0 amide bonds. The second-order valence-electron chi connectivity index (χ2n) is 5.44. The zero-order chi connectivity index (χ0) is 13.0. The highest BCUT2D eigenvalue weighted by Crippen LogP contribution is 2.37. The fourth-order valence-corrected chi connectivity index (χ4v) is 2.75. The molecule has 18 heavy (non-hydrogen) atoms. The van der Waals surface area contributed by atoms with Crippen LogP contribution in [0.1, 0.15) is 37.7 Å². The maximum absolute atomic E-state index is 8.85. The Hall–Kier alpha value is -0.380. The summed E-state index contributed by atoms with van der Waals surface area (Å²) < 4.78 is 1.15. The zero-order valence-electron chi connectivity index (χ0n) is 10.9. The zero-order valence-corrected chi connectivity index (χ0v) is 12.5. The molecule has 0 radical (unpaired) electrons. The number of rotatable bonds is 6. The van der Waals surface area contributed by atoms with E-state index in [2.05, 4.69) is 52.4 Å². The van der Waals surface area contributed by atoms with Crippen molar-refractivity contribution in [3.05, 3.63) is 34.3 Å². The van der Waals surface area contributed by atoms with Crippen molar-refractivity contribution in [1.82, 2.24) is 5.32 Å². The van der Waals surface area contributed by atoms with Gasteiger partial charge in [-0.2, -0.15) is 0 Å². The molecule has 0 saturated heterocycles. The monoisotopic (exact) mass is 311 g/mol. The molecule has 1 unspecified atom stereocenters. The number of hydrogen-bond donors (Lipinski definition) is 2. The number of nitrogens with one attached hydrogen (secondary N) is 1. The van der Waals surface area contributed by atoms with Gasteiger partial charge >= 0.3 is 0 Å². The summed E-state index contributed by atoms with van der Waals surface area (Å²) in [7, 11) is 0. The van der Waals surface area contributed by atoms with E-state index in [1.807, 2.05) is 0 Å². The van der Waals surface area contributed by atoms with Crippen LogP contribution >= 0.6 is 15.9 Å². The molecule has 1 atom stereocenters. The van der Waals surface area contributed by atoms with Gasteiger partial charge in [0.05, 0.1) is 0 Å². The Morgan fingerprint density at radius 2 is 2.00 bits per heavy atom. The molecule has 1 saturated carbocycles. The first-order valence-electron chi connectivity index (χ1n) is 6.78. The van der Waals surface area contributed by atoms with Gasteiger partial charge in [0.2, 0.25) is 0 Å². The summed E-state index contributed by atoms with van der Waals surface area (Å²) in [6.45, 7) is 3.52. The summed E-state index contributed by atoms with van der Waals surface area (Å²) in [5.41, 5.74) is 1.46. The standard InChI is InChI=1S/C15H22BrNO/c1-11(6-7-18)10-17-15-8-13(9-15)12-2-4-14(16)5-3-12/h2-5,11,13,15,17-18H,6-10H2,1H3. The number of aliphatic hydroxyl groups is 1. The largest absolute Gasteiger partial charge is 0.396 e. The first-order chi connectivity index (χ1) is 8.69. The molecule has 0 heterocycles. The predicted octanol–water partition coefficient (Wildman–Crippen LogP) is 3.30. The fraction of sp³-hybridized carbons (Fsp3) is 0.600. The van der Waals surface area contributed by atoms with Gasteiger partial charge < -0.3 is 10.4 Å². The average Bonchev–Trinajstić information content (AvgIpc) is 2.29. The van der Waals surface area contributed by atoms with Gasteiger partial charge in [-0.25, -0.2) is 0 Å². The molecule has 100 valence electrons. The number of halogens is 1. The molecule has 1 aliphatic carbocycles. The highest BCUT2D eigenvalue weighted by atomic mass is 79.9. The van der Waals surface area contributed by atoms with Crippen molar-refractivity contribution in [3.63, 3.8) is 0 Å². The van der Waals surface area contributed by atoms with Crippen molar-refractivity contribution in [2.24, 2.45) is 5.92 Å². The third kappa shape index (κ3) is 3.81. The van der Waals surface area contributed by atoms with Crippen molar-refractivity contribution < 1.29 is 5.11 Å². The summed E-state index contributed by atoms with van der Waals surface area (Å²) in [6.07, 6.45) is 3.39. The Morgan fingerprint density at radius 1 is 1.33 bits per heavy atom. The molecule has 2 N–H and O–H groups in total. The van der Waals surface area contributed by atoms with Crippen LogP contribution in [-0.2, 0) is 0 Å². The maximum atomic E-state index is 8.85. The Bertz CT molecular complexity index is 359. The Balaban J connectivity index is 1.69. The SMILES string of the molecule is CC(CCO)CNC1CC(c2ccc(Br)cc2)C1. The van der Waals surface area contributed by atoms with Gasteiger partial charge in [0.15, 0.2) is 0 Å². The maximum Gasteiger partial charge on any atom is 0.0434 e. The van der Waals surface area contributed by atoms with Crippen LogP contribution < -0.4 is 5.32 Å². The molecule has 1 aliphatic rings. The van der Waals surface area contributed by atoms with Crippen LogP contribution in [-0.4, -0.2) is 24.3 Å². The van der Waals surface area contributed by atoms with Crippen LogP contribution in [0.2, 0.25) is 0 Å². The van der Waals surface area contributed by atoms with Crippen molar-refractivity contribution in [2.45, 2.75) is 38.1 Å². The quantitative estimate of drug-likeness (QED) is 0.845. The highest BCUT2D eigenvalue weighted by Gasteiger charge is 2.29. The van der Waals surface area contributed by atoms with Crippen molar-refractivity contribution in [1.29, 1.82) is 0 Å². The second kappa shape index (κ2) is 6.69. The van der Waals surface area contributed by atoms with Crippen LogP contribution in [0.3, 0.4) is 0 Å². The molecule has 2 rings (SSSR count). The summed E-state index contributed by atoms with van der Waals surface area (Å²) in [5, 5.41) is 12.4. The average molecular weight is 312 g/mol. The Labute approximate surface area is 118 Å². The van der Waals surface area contributed by atoms with Gasteiger partial charge in [-0.1, -0.05) is 35.0 Å². The van der Waals surface area contributed by atoms with E-state index in [0.29, 0.717) is 18.6 Å². The van der Waals surface area contributed by atoms with Crippen molar-refractivity contribution in [3.8, 4) is 0 Å². The third-order valence-corrected chi connectivity index (χ3v) is 4.39. The van der Waals surface area contributed by atoms with E-state index >= 15 is 0 Å². The summed E-state index contributed by atoms with van der Waals surface area (Å²) in [6, 6.07) is 9.36. The first kappa shape index (κ1) is 14.0. The Kier molecular flexibility index (Phi) is 5.22. The molecule has 1 aromatic rings. The summed E-state index contributed by atoms with van der Waals surface area (Å²) in [5.74, 6) is 1.30. The minimum absolute atomic E-state index is 0.301. The first-order valence-corrected chi connectivity index (χ1v) is 7.58. The Morgan fingerprint density at radius 3 is 2.61 bits per heavy atom. The van der Waals surface area contributed by atoms with Crippen LogP contribution in [0.5, 0.6) is 0 Å². The molecular formula is C15H22BrNO. The van der Waals surface area contributed by atoms with Crippen LogP contribution in [0, 0.1) is 5.92 Å². The van der Waals surface area contributed by atoms with Gasteiger partial charge in [-0.3, -0.25) is 0 Å². The number of aliphatic hydroxyl groups excluding tert-OH is 1. The molecule has 3 heteroatoms. The van der Waals surface area contributed by atoms with Crippen LogP contribution in [0.25, 0.3) is 0 Å². The minimum atomic E-state index is 0.301. The molecule has 0 aromatic heterocycles. The van der Waals surface area contributed by atoms with Crippen LogP contribution in [0.15, 0.2) is 28.7 Å². The molecule has 0 bridgehead atoms. The molecule has 1 fully saturated rings. The molecule has 1 aromatic carbocycles.